The van der Waals surface area contributed by atoms with Gasteiger partial charge in [0.25, 0.3) is 5.91 Å². The molecule has 0 atom stereocenters. The van der Waals surface area contributed by atoms with Gasteiger partial charge in [0, 0.05) is 6.42 Å². The van der Waals surface area contributed by atoms with Gasteiger partial charge in [-0.15, -0.1) is 0 Å². The van der Waals surface area contributed by atoms with E-state index in [0.717, 1.165) is 6.42 Å². The molecule has 0 saturated carbocycles. The zero-order valence-corrected chi connectivity index (χ0v) is 5.89. The third-order valence-corrected chi connectivity index (χ3v) is 0.759. The van der Waals surface area contributed by atoms with E-state index < -0.39 is 0 Å². The Morgan fingerprint density at radius 2 is 2.22 bits per heavy atom. The molecule has 0 unspecified atom stereocenters. The van der Waals surface area contributed by atoms with Crippen LogP contribution in [-0.4, -0.2) is 12.5 Å². The summed E-state index contributed by atoms with van der Waals surface area (Å²) in [4.78, 5) is 15.0. The number of hydroxylamine groups is 1. The number of nitrogens with zero attached hydrogens (tertiary/aromatic N) is 1. The van der Waals surface area contributed by atoms with Crippen LogP contribution in [0.1, 0.15) is 26.7 Å². The zero-order chi connectivity index (χ0) is 7.11. The maximum absolute atomic E-state index is 10.5. The first kappa shape index (κ1) is 8.43. The Morgan fingerprint density at radius 1 is 1.56 bits per heavy atom. The van der Waals surface area contributed by atoms with Crippen molar-refractivity contribution in [2.45, 2.75) is 26.7 Å². The van der Waals surface area contributed by atoms with Gasteiger partial charge in [-0.1, -0.05) is 12.4 Å². The fourth-order valence-corrected chi connectivity index (χ4v) is 0.396. The van der Waals surface area contributed by atoms with Crippen molar-refractivity contribution in [2.75, 3.05) is 6.61 Å². The van der Waals surface area contributed by atoms with Gasteiger partial charge in [0.2, 0.25) is 0 Å². The Morgan fingerprint density at radius 3 is 2.67 bits per heavy atom. The van der Waals surface area contributed by atoms with Crippen LogP contribution in [0.4, 0.5) is 0 Å². The van der Waals surface area contributed by atoms with Crippen LogP contribution in [0.3, 0.4) is 0 Å². The predicted molar refractivity (Wildman–Crippen MR) is 33.7 cm³/mol. The Kier molecular flexibility index (Phi) is 5.21. The molecule has 0 aromatic heterocycles. The highest BCUT2D eigenvalue weighted by atomic mass is 16.6. The average molecular weight is 130 g/mol. The molecule has 0 fully saturated rings. The molecule has 3 heteroatoms. The van der Waals surface area contributed by atoms with E-state index in [9.17, 15) is 4.79 Å². The molecule has 0 aromatic carbocycles. The highest BCUT2D eigenvalue weighted by molar-refractivity contribution is 5.74. The van der Waals surface area contributed by atoms with Crippen molar-refractivity contribution in [3.05, 3.63) is 0 Å². The minimum atomic E-state index is -0.167. The van der Waals surface area contributed by atoms with Crippen LogP contribution < -0.4 is 5.48 Å². The van der Waals surface area contributed by atoms with Crippen LogP contribution in [0, 0.1) is 0 Å². The summed E-state index contributed by atoms with van der Waals surface area (Å²) in [6, 6.07) is 0. The molecule has 0 spiro atoms. The topological polar surface area (TPSA) is 40.4 Å². The lowest BCUT2D eigenvalue weighted by Gasteiger charge is -1.95. The SMILES string of the molecule is CCCC(=O)[N]OCC. The highest BCUT2D eigenvalue weighted by Crippen LogP contribution is 1.86. The Balaban J connectivity index is 3.06. The number of hydrogen-bond acceptors (Lipinski definition) is 2. The van der Waals surface area contributed by atoms with E-state index in [1.807, 2.05) is 6.92 Å². The van der Waals surface area contributed by atoms with Crippen molar-refractivity contribution in [3.8, 4) is 0 Å². The molecule has 0 aliphatic carbocycles. The molecule has 9 heavy (non-hydrogen) atoms. The van der Waals surface area contributed by atoms with Crippen molar-refractivity contribution >= 4 is 5.91 Å². The molecule has 53 valence electrons. The standard InChI is InChI=1S/C6H12NO2/c1-3-5-6(8)7-9-4-2/h3-5H2,1-2H3. The number of rotatable bonds is 4. The van der Waals surface area contributed by atoms with E-state index in [2.05, 4.69) is 10.3 Å². The van der Waals surface area contributed by atoms with Crippen molar-refractivity contribution in [3.63, 3.8) is 0 Å². The number of amides is 1. The molecule has 0 aromatic rings. The van der Waals surface area contributed by atoms with Crippen LogP contribution in [0.15, 0.2) is 0 Å². The molecule has 0 aliphatic heterocycles. The summed E-state index contributed by atoms with van der Waals surface area (Å²) in [5.41, 5.74) is 3.29. The van der Waals surface area contributed by atoms with E-state index in [4.69, 9.17) is 0 Å². The Bertz CT molecular complexity index is 83.1. The number of hydrogen-bond donors (Lipinski definition) is 0. The van der Waals surface area contributed by atoms with Gasteiger partial charge in [0.05, 0.1) is 6.61 Å². The maximum Gasteiger partial charge on any atom is 0.269 e. The second-order valence-corrected chi connectivity index (χ2v) is 1.65. The third-order valence-electron chi connectivity index (χ3n) is 0.759. The number of carbonyl (C=O) groups is 1. The van der Waals surface area contributed by atoms with Gasteiger partial charge in [0.1, 0.15) is 0 Å². The molecule has 0 bridgehead atoms. The lowest BCUT2D eigenvalue weighted by Crippen LogP contribution is -2.14. The molecule has 0 N–H and O–H groups in total. The lowest BCUT2D eigenvalue weighted by molar-refractivity contribution is -0.134. The van der Waals surface area contributed by atoms with Crippen LogP contribution in [0.5, 0.6) is 0 Å². The van der Waals surface area contributed by atoms with E-state index in [0.29, 0.717) is 13.0 Å². The number of carbonyl (C=O) groups excluding carboxylic acids is 1. The van der Waals surface area contributed by atoms with Crippen molar-refractivity contribution in [2.24, 2.45) is 0 Å². The van der Waals surface area contributed by atoms with Gasteiger partial charge in [-0.05, 0) is 13.3 Å². The molecule has 0 rings (SSSR count). The van der Waals surface area contributed by atoms with E-state index in [1.165, 1.54) is 0 Å². The summed E-state index contributed by atoms with van der Waals surface area (Å²) >= 11 is 0. The van der Waals surface area contributed by atoms with Gasteiger partial charge >= 0.3 is 0 Å². The third kappa shape index (κ3) is 5.30. The van der Waals surface area contributed by atoms with Crippen molar-refractivity contribution < 1.29 is 9.63 Å². The summed E-state index contributed by atoms with van der Waals surface area (Å²) in [6.45, 7) is 4.19. The normalized spacial score (nSPS) is 9.11. The fourth-order valence-electron chi connectivity index (χ4n) is 0.396. The van der Waals surface area contributed by atoms with E-state index >= 15 is 0 Å². The first-order valence-electron chi connectivity index (χ1n) is 3.17. The Labute approximate surface area is 55.3 Å². The highest BCUT2D eigenvalue weighted by Gasteiger charge is 1.98. The fraction of sp³-hybridized carbons (Fsp3) is 0.833. The second kappa shape index (κ2) is 5.56. The molecule has 1 amide bonds. The van der Waals surface area contributed by atoms with Crippen LogP contribution in [-0.2, 0) is 9.63 Å². The van der Waals surface area contributed by atoms with Crippen LogP contribution >= 0.6 is 0 Å². The van der Waals surface area contributed by atoms with Gasteiger partial charge in [-0.3, -0.25) is 4.79 Å². The molecule has 0 saturated heterocycles. The monoisotopic (exact) mass is 130 g/mol. The minimum absolute atomic E-state index is 0.167. The minimum Gasteiger partial charge on any atom is -0.270 e. The van der Waals surface area contributed by atoms with Crippen molar-refractivity contribution in [1.29, 1.82) is 0 Å². The molecule has 3 nitrogen and oxygen atoms in total. The smallest absolute Gasteiger partial charge is 0.269 e. The first-order chi connectivity index (χ1) is 4.31. The summed E-state index contributed by atoms with van der Waals surface area (Å²) in [5, 5.41) is 0. The largest absolute Gasteiger partial charge is 0.270 e. The maximum atomic E-state index is 10.5. The van der Waals surface area contributed by atoms with E-state index in [-0.39, 0.29) is 5.91 Å². The summed E-state index contributed by atoms with van der Waals surface area (Å²) < 4.78 is 0. The zero-order valence-electron chi connectivity index (χ0n) is 5.89. The van der Waals surface area contributed by atoms with Crippen molar-refractivity contribution in [1.82, 2.24) is 5.48 Å². The van der Waals surface area contributed by atoms with E-state index in [1.54, 1.807) is 6.92 Å². The van der Waals surface area contributed by atoms with Gasteiger partial charge in [-0.25, -0.2) is 4.84 Å². The van der Waals surface area contributed by atoms with Gasteiger partial charge in [-0.2, -0.15) is 0 Å². The molecule has 0 heterocycles. The van der Waals surface area contributed by atoms with Crippen LogP contribution in [0.2, 0.25) is 0 Å². The van der Waals surface area contributed by atoms with Gasteiger partial charge < -0.3 is 0 Å². The summed E-state index contributed by atoms with van der Waals surface area (Å²) in [5.74, 6) is -0.167. The summed E-state index contributed by atoms with van der Waals surface area (Å²) in [7, 11) is 0. The second-order valence-electron chi connectivity index (χ2n) is 1.65. The van der Waals surface area contributed by atoms with Crippen LogP contribution in [0.25, 0.3) is 0 Å². The lowest BCUT2D eigenvalue weighted by atomic mass is 10.3. The predicted octanol–water partition coefficient (Wildman–Crippen LogP) is 0.869. The first-order valence-corrected chi connectivity index (χ1v) is 3.17. The molecule has 0 aliphatic rings. The molecular weight excluding hydrogens is 118 g/mol. The average Bonchev–Trinajstić information content (AvgIpc) is 1.85. The Hall–Kier alpha value is -0.570. The molecule has 1 radical (unpaired) electrons. The molecular formula is C6H12NO2. The summed E-state index contributed by atoms with van der Waals surface area (Å²) in [6.07, 6.45) is 1.31. The quantitative estimate of drug-likeness (QED) is 0.530. The van der Waals surface area contributed by atoms with Gasteiger partial charge in [0.15, 0.2) is 0 Å².